The normalized spacial score (nSPS) is 19.2. The molecule has 0 saturated carbocycles. The van der Waals surface area contributed by atoms with Crippen molar-refractivity contribution < 1.29 is 27.6 Å². The predicted molar refractivity (Wildman–Crippen MR) is 89.0 cm³/mol. The molecule has 140 valence electrons. The fourth-order valence-electron chi connectivity index (χ4n) is 2.78. The van der Waals surface area contributed by atoms with Crippen molar-refractivity contribution in [2.75, 3.05) is 11.9 Å². The van der Waals surface area contributed by atoms with Gasteiger partial charge < -0.3 is 10.6 Å². The summed E-state index contributed by atoms with van der Waals surface area (Å²) in [6.45, 7) is 0.581. The Hall–Kier alpha value is -3.36. The Morgan fingerprint density at radius 2 is 1.70 bits per heavy atom. The van der Waals surface area contributed by atoms with Crippen LogP contribution in [0.3, 0.4) is 0 Å². The van der Waals surface area contributed by atoms with E-state index in [2.05, 4.69) is 10.6 Å². The van der Waals surface area contributed by atoms with E-state index >= 15 is 0 Å². The van der Waals surface area contributed by atoms with Crippen LogP contribution in [-0.2, 0) is 15.1 Å². The zero-order valence-electron chi connectivity index (χ0n) is 14.1. The molecule has 0 aromatic heterocycles. The molecule has 1 atom stereocenters. The maximum atomic E-state index is 14.1. The van der Waals surface area contributed by atoms with Crippen molar-refractivity contribution in [1.29, 1.82) is 0 Å². The maximum Gasteiger partial charge on any atom is 0.325 e. The fourth-order valence-corrected chi connectivity index (χ4v) is 2.78. The van der Waals surface area contributed by atoms with Crippen molar-refractivity contribution in [1.82, 2.24) is 10.2 Å². The number of urea groups is 1. The Bertz CT molecular complexity index is 933. The molecule has 2 N–H and O–H groups in total. The van der Waals surface area contributed by atoms with Crippen LogP contribution >= 0.6 is 0 Å². The third-order valence-electron chi connectivity index (χ3n) is 4.17. The van der Waals surface area contributed by atoms with Crippen LogP contribution in [0, 0.1) is 17.5 Å². The van der Waals surface area contributed by atoms with E-state index in [0.29, 0.717) is 4.90 Å². The first-order valence-electron chi connectivity index (χ1n) is 7.86. The summed E-state index contributed by atoms with van der Waals surface area (Å²) in [6, 6.07) is 6.52. The zero-order valence-corrected chi connectivity index (χ0v) is 14.1. The number of amides is 4. The number of carbonyl (C=O) groups excluding carboxylic acids is 3. The number of hydrogen-bond donors (Lipinski definition) is 2. The quantitative estimate of drug-likeness (QED) is 0.804. The highest BCUT2D eigenvalue weighted by molar-refractivity contribution is 6.10. The highest BCUT2D eigenvalue weighted by atomic mass is 19.1. The van der Waals surface area contributed by atoms with Crippen LogP contribution in [-0.4, -0.2) is 29.3 Å². The van der Waals surface area contributed by atoms with Crippen molar-refractivity contribution in [2.45, 2.75) is 12.5 Å². The molecule has 1 aliphatic rings. The van der Waals surface area contributed by atoms with Crippen molar-refractivity contribution in [3.63, 3.8) is 0 Å². The summed E-state index contributed by atoms with van der Waals surface area (Å²) in [7, 11) is 0. The number of halogens is 3. The van der Waals surface area contributed by atoms with Crippen molar-refractivity contribution >= 4 is 23.5 Å². The Labute approximate surface area is 152 Å². The summed E-state index contributed by atoms with van der Waals surface area (Å²) < 4.78 is 40.4. The second-order valence-corrected chi connectivity index (χ2v) is 6.13. The van der Waals surface area contributed by atoms with E-state index in [0.717, 1.165) is 30.3 Å². The van der Waals surface area contributed by atoms with Crippen LogP contribution in [0.2, 0.25) is 0 Å². The lowest BCUT2D eigenvalue weighted by atomic mass is 9.91. The molecule has 3 rings (SSSR count). The van der Waals surface area contributed by atoms with E-state index in [1.807, 2.05) is 0 Å². The van der Waals surface area contributed by atoms with Gasteiger partial charge in [0.1, 0.15) is 29.5 Å². The van der Waals surface area contributed by atoms with Gasteiger partial charge >= 0.3 is 6.03 Å². The first-order chi connectivity index (χ1) is 12.7. The van der Waals surface area contributed by atoms with E-state index in [1.54, 1.807) is 0 Å². The monoisotopic (exact) mass is 377 g/mol. The standard InChI is InChI=1S/C18H14F3N3O3/c1-18(13-8-11(20)4-7-14(13)21)16(26)24(17(27)23-18)9-15(25)22-12-5-2-10(19)3-6-12/h2-8H,9H2,1H3,(H,22,25)(H,23,27). The molecule has 0 aliphatic carbocycles. The third-order valence-corrected chi connectivity index (χ3v) is 4.17. The number of hydrogen-bond acceptors (Lipinski definition) is 3. The van der Waals surface area contributed by atoms with Gasteiger partial charge in [-0.25, -0.2) is 18.0 Å². The van der Waals surface area contributed by atoms with Gasteiger partial charge in [-0.15, -0.1) is 0 Å². The summed E-state index contributed by atoms with van der Waals surface area (Å²) in [6.07, 6.45) is 0. The van der Waals surface area contributed by atoms with Crippen LogP contribution in [0.1, 0.15) is 12.5 Å². The van der Waals surface area contributed by atoms with E-state index in [-0.39, 0.29) is 11.3 Å². The average molecular weight is 377 g/mol. The summed E-state index contributed by atoms with van der Waals surface area (Å²) in [4.78, 5) is 37.5. The predicted octanol–water partition coefficient (Wildman–Crippen LogP) is 2.51. The van der Waals surface area contributed by atoms with E-state index in [9.17, 15) is 27.6 Å². The second kappa shape index (κ2) is 6.75. The summed E-state index contributed by atoms with van der Waals surface area (Å²) in [5.74, 6) is -3.75. The topological polar surface area (TPSA) is 78.5 Å². The van der Waals surface area contributed by atoms with Crippen LogP contribution in [0.4, 0.5) is 23.7 Å². The number of nitrogens with zero attached hydrogens (tertiary/aromatic N) is 1. The molecule has 1 fully saturated rings. The number of nitrogens with one attached hydrogen (secondary N) is 2. The highest BCUT2D eigenvalue weighted by Gasteiger charge is 2.50. The lowest BCUT2D eigenvalue weighted by Gasteiger charge is -2.22. The smallest absolute Gasteiger partial charge is 0.325 e. The molecule has 1 heterocycles. The molecule has 1 aliphatic heterocycles. The van der Waals surface area contributed by atoms with Crippen molar-refractivity contribution in [2.24, 2.45) is 0 Å². The van der Waals surface area contributed by atoms with Crippen LogP contribution < -0.4 is 10.6 Å². The molecule has 0 bridgehead atoms. The minimum Gasteiger partial charge on any atom is -0.325 e. The minimum absolute atomic E-state index is 0.271. The van der Waals surface area contributed by atoms with Gasteiger partial charge in [-0.3, -0.25) is 14.5 Å². The zero-order chi connectivity index (χ0) is 19.8. The Kier molecular flexibility index (Phi) is 4.61. The van der Waals surface area contributed by atoms with Gasteiger partial charge in [0, 0.05) is 11.3 Å². The van der Waals surface area contributed by atoms with Crippen molar-refractivity contribution in [3.8, 4) is 0 Å². The van der Waals surface area contributed by atoms with E-state index in [4.69, 9.17) is 0 Å². The lowest BCUT2D eigenvalue weighted by Crippen LogP contribution is -2.42. The first kappa shape index (κ1) is 18.4. The second-order valence-electron chi connectivity index (χ2n) is 6.13. The van der Waals surface area contributed by atoms with Gasteiger partial charge in [0.05, 0.1) is 0 Å². The SMILES string of the molecule is CC1(c2cc(F)ccc2F)NC(=O)N(CC(=O)Nc2ccc(F)cc2)C1=O. The minimum atomic E-state index is -1.85. The Balaban J connectivity index is 1.78. The first-order valence-corrected chi connectivity index (χ1v) is 7.86. The highest BCUT2D eigenvalue weighted by Crippen LogP contribution is 2.31. The lowest BCUT2D eigenvalue weighted by molar-refractivity contribution is -0.133. The molecule has 2 aromatic carbocycles. The molecular weight excluding hydrogens is 363 g/mol. The molecule has 1 unspecified atom stereocenters. The summed E-state index contributed by atoms with van der Waals surface area (Å²) >= 11 is 0. The van der Waals surface area contributed by atoms with Gasteiger partial charge in [0.2, 0.25) is 5.91 Å². The van der Waals surface area contributed by atoms with Gasteiger partial charge in [0.25, 0.3) is 5.91 Å². The Morgan fingerprint density at radius 3 is 2.37 bits per heavy atom. The van der Waals surface area contributed by atoms with E-state index in [1.165, 1.54) is 19.1 Å². The molecular formula is C18H14F3N3O3. The van der Waals surface area contributed by atoms with E-state index < -0.39 is 47.4 Å². The maximum absolute atomic E-state index is 14.1. The summed E-state index contributed by atoms with van der Waals surface area (Å²) in [5, 5.41) is 4.70. The largest absolute Gasteiger partial charge is 0.325 e. The molecule has 6 nitrogen and oxygen atoms in total. The number of imide groups is 1. The number of carbonyl (C=O) groups is 3. The molecule has 0 spiro atoms. The molecule has 0 radical (unpaired) electrons. The summed E-state index contributed by atoms with van der Waals surface area (Å²) in [5.41, 5.74) is -1.92. The van der Waals surface area contributed by atoms with Gasteiger partial charge in [-0.2, -0.15) is 0 Å². The van der Waals surface area contributed by atoms with Gasteiger partial charge in [0.15, 0.2) is 0 Å². The van der Waals surface area contributed by atoms with Gasteiger partial charge in [-0.05, 0) is 49.4 Å². The number of rotatable bonds is 4. The van der Waals surface area contributed by atoms with Crippen molar-refractivity contribution in [3.05, 3.63) is 65.5 Å². The van der Waals surface area contributed by atoms with Crippen LogP contribution in [0.15, 0.2) is 42.5 Å². The molecule has 27 heavy (non-hydrogen) atoms. The van der Waals surface area contributed by atoms with Gasteiger partial charge in [-0.1, -0.05) is 0 Å². The Morgan fingerprint density at radius 1 is 1.07 bits per heavy atom. The third kappa shape index (κ3) is 3.48. The number of benzene rings is 2. The average Bonchev–Trinajstić information content (AvgIpc) is 2.83. The molecule has 2 aromatic rings. The van der Waals surface area contributed by atoms with Crippen LogP contribution in [0.5, 0.6) is 0 Å². The molecule has 1 saturated heterocycles. The van der Waals surface area contributed by atoms with Crippen LogP contribution in [0.25, 0.3) is 0 Å². The fraction of sp³-hybridized carbons (Fsp3) is 0.167. The molecule has 9 heteroatoms. The number of anilines is 1. The molecule has 4 amide bonds.